The summed E-state index contributed by atoms with van der Waals surface area (Å²) in [6.45, 7) is 1.99. The summed E-state index contributed by atoms with van der Waals surface area (Å²) in [6.07, 6.45) is -1.36. The average Bonchev–Trinajstić information content (AvgIpc) is 2.59. The van der Waals surface area contributed by atoms with Gasteiger partial charge in [0.1, 0.15) is 0 Å². The van der Waals surface area contributed by atoms with E-state index in [2.05, 4.69) is 25.7 Å². The van der Waals surface area contributed by atoms with Gasteiger partial charge < -0.3 is 9.84 Å². The maximum absolute atomic E-state index is 10.5. The largest absolute Gasteiger partial charge is 0.512 e. The number of thiazole rings is 1. The quantitative estimate of drug-likeness (QED) is 0.853. The van der Waals surface area contributed by atoms with Gasteiger partial charge in [-0.3, -0.25) is 0 Å². The Morgan fingerprint density at radius 2 is 2.06 bits per heavy atom. The Morgan fingerprint density at radius 1 is 1.41 bits per heavy atom. The molecule has 0 radical (unpaired) electrons. The van der Waals surface area contributed by atoms with Crippen molar-refractivity contribution in [1.29, 1.82) is 0 Å². The highest BCUT2D eigenvalue weighted by Crippen LogP contribution is 2.38. The van der Waals surface area contributed by atoms with Crippen LogP contribution in [-0.2, 0) is 0 Å². The molecule has 17 heavy (non-hydrogen) atoms. The summed E-state index contributed by atoms with van der Waals surface area (Å²) in [5, 5.41) is 8.62. The summed E-state index contributed by atoms with van der Waals surface area (Å²) in [4.78, 5) is 15.2. The number of hydrogen-bond donors (Lipinski definition) is 1. The average molecular weight is 314 g/mol. The van der Waals surface area contributed by atoms with E-state index < -0.39 is 6.16 Å². The lowest BCUT2D eigenvalue weighted by atomic mass is 10.1. The molecule has 0 spiro atoms. The zero-order valence-corrected chi connectivity index (χ0v) is 11.2. The second-order valence-corrected chi connectivity index (χ2v) is 5.61. The second kappa shape index (κ2) is 4.85. The second-order valence-electron chi connectivity index (χ2n) is 3.34. The van der Waals surface area contributed by atoms with Crippen LogP contribution in [0.25, 0.3) is 10.4 Å². The summed E-state index contributed by atoms with van der Waals surface area (Å²) in [7, 11) is 0. The Morgan fingerprint density at radius 3 is 2.65 bits per heavy atom. The SMILES string of the molecule is Cc1ccc(-c2sc(Br)nc2OC(=O)O)cc1. The van der Waals surface area contributed by atoms with E-state index in [1.807, 2.05) is 31.2 Å². The van der Waals surface area contributed by atoms with E-state index in [1.165, 1.54) is 11.3 Å². The first kappa shape index (κ1) is 12.1. The number of rotatable bonds is 2. The van der Waals surface area contributed by atoms with Crippen molar-refractivity contribution in [2.45, 2.75) is 6.92 Å². The molecule has 0 bridgehead atoms. The van der Waals surface area contributed by atoms with Gasteiger partial charge in [-0.15, -0.1) is 11.3 Å². The van der Waals surface area contributed by atoms with E-state index in [4.69, 9.17) is 5.11 Å². The van der Waals surface area contributed by atoms with Gasteiger partial charge in [-0.1, -0.05) is 29.8 Å². The number of carboxylic acid groups (broad SMARTS) is 1. The molecular weight excluding hydrogens is 306 g/mol. The van der Waals surface area contributed by atoms with Crippen LogP contribution in [0.15, 0.2) is 28.2 Å². The molecule has 1 aromatic carbocycles. The van der Waals surface area contributed by atoms with Crippen molar-refractivity contribution < 1.29 is 14.6 Å². The molecule has 0 aliphatic rings. The fourth-order valence-corrected chi connectivity index (χ4v) is 2.69. The molecule has 0 fully saturated rings. The number of nitrogens with zero attached hydrogens (tertiary/aromatic N) is 1. The first-order chi connectivity index (χ1) is 8.06. The van der Waals surface area contributed by atoms with Gasteiger partial charge >= 0.3 is 6.16 Å². The minimum absolute atomic E-state index is 0.109. The maximum Gasteiger partial charge on any atom is 0.512 e. The first-order valence-electron chi connectivity index (χ1n) is 4.70. The molecule has 0 unspecified atom stereocenters. The van der Waals surface area contributed by atoms with Crippen LogP contribution >= 0.6 is 27.3 Å². The predicted octanol–water partition coefficient (Wildman–Crippen LogP) is 3.94. The number of aryl methyl sites for hydroxylation is 1. The van der Waals surface area contributed by atoms with E-state index in [9.17, 15) is 4.79 Å². The van der Waals surface area contributed by atoms with Crippen LogP contribution in [-0.4, -0.2) is 16.2 Å². The van der Waals surface area contributed by atoms with Gasteiger partial charge in [-0.25, -0.2) is 4.79 Å². The fourth-order valence-electron chi connectivity index (χ4n) is 1.32. The van der Waals surface area contributed by atoms with E-state index in [0.29, 0.717) is 8.79 Å². The van der Waals surface area contributed by atoms with Crippen LogP contribution in [0.4, 0.5) is 4.79 Å². The Hall–Kier alpha value is -1.40. The number of carbonyl (C=O) groups is 1. The van der Waals surface area contributed by atoms with Gasteiger partial charge in [0, 0.05) is 0 Å². The zero-order chi connectivity index (χ0) is 12.4. The molecule has 0 aliphatic carbocycles. The van der Waals surface area contributed by atoms with Gasteiger partial charge in [0.15, 0.2) is 3.92 Å². The summed E-state index contributed by atoms with van der Waals surface area (Å²) >= 11 is 4.55. The first-order valence-corrected chi connectivity index (χ1v) is 6.31. The molecule has 0 amide bonds. The van der Waals surface area contributed by atoms with Crippen molar-refractivity contribution in [2.24, 2.45) is 0 Å². The number of aromatic nitrogens is 1. The lowest BCUT2D eigenvalue weighted by Gasteiger charge is -2.01. The Balaban J connectivity index is 2.43. The third-order valence-electron chi connectivity index (χ3n) is 2.07. The summed E-state index contributed by atoms with van der Waals surface area (Å²) in [6, 6.07) is 7.72. The van der Waals surface area contributed by atoms with Gasteiger partial charge in [0.25, 0.3) is 0 Å². The van der Waals surface area contributed by atoms with Crippen LogP contribution in [0.2, 0.25) is 0 Å². The van der Waals surface area contributed by atoms with Crippen LogP contribution < -0.4 is 4.74 Å². The van der Waals surface area contributed by atoms with Crippen LogP contribution in [0.1, 0.15) is 5.56 Å². The van der Waals surface area contributed by atoms with Crippen molar-refractivity contribution in [3.63, 3.8) is 0 Å². The Labute approximate surface area is 110 Å². The fraction of sp³-hybridized carbons (Fsp3) is 0.0909. The molecule has 0 saturated heterocycles. The highest BCUT2D eigenvalue weighted by molar-refractivity contribution is 9.11. The minimum atomic E-state index is -1.36. The summed E-state index contributed by atoms with van der Waals surface area (Å²) < 4.78 is 5.22. The molecule has 4 nitrogen and oxygen atoms in total. The lowest BCUT2D eigenvalue weighted by Crippen LogP contribution is -2.03. The molecule has 2 aromatic rings. The van der Waals surface area contributed by atoms with E-state index in [0.717, 1.165) is 11.1 Å². The maximum atomic E-state index is 10.5. The Kier molecular flexibility index (Phi) is 3.44. The molecule has 1 aromatic heterocycles. The molecule has 1 heterocycles. The van der Waals surface area contributed by atoms with Crippen molar-refractivity contribution in [3.8, 4) is 16.3 Å². The summed E-state index contributed by atoms with van der Waals surface area (Å²) in [5.74, 6) is 0.109. The van der Waals surface area contributed by atoms with Gasteiger partial charge in [0.2, 0.25) is 5.88 Å². The van der Waals surface area contributed by atoms with E-state index in [-0.39, 0.29) is 5.88 Å². The number of ether oxygens (including phenoxy) is 1. The van der Waals surface area contributed by atoms with Crippen LogP contribution in [0, 0.1) is 6.92 Å². The van der Waals surface area contributed by atoms with Crippen LogP contribution in [0.3, 0.4) is 0 Å². The monoisotopic (exact) mass is 313 g/mol. The lowest BCUT2D eigenvalue weighted by molar-refractivity contribution is 0.143. The van der Waals surface area contributed by atoms with Crippen molar-refractivity contribution >= 4 is 33.4 Å². The Bertz CT molecular complexity index is 550. The van der Waals surface area contributed by atoms with Crippen molar-refractivity contribution in [2.75, 3.05) is 0 Å². The molecule has 0 aliphatic heterocycles. The predicted molar refractivity (Wildman–Crippen MR) is 68.6 cm³/mol. The minimum Gasteiger partial charge on any atom is -0.449 e. The topological polar surface area (TPSA) is 59.4 Å². The van der Waals surface area contributed by atoms with Gasteiger partial charge in [-0.2, -0.15) is 4.98 Å². The molecule has 2 rings (SSSR count). The third kappa shape index (κ3) is 2.83. The van der Waals surface area contributed by atoms with E-state index in [1.54, 1.807) is 0 Å². The molecule has 0 atom stereocenters. The molecule has 1 N–H and O–H groups in total. The number of benzene rings is 1. The number of halogens is 1. The normalized spacial score (nSPS) is 10.2. The van der Waals surface area contributed by atoms with Crippen LogP contribution in [0.5, 0.6) is 5.88 Å². The molecular formula is C11H8BrNO3S. The van der Waals surface area contributed by atoms with Gasteiger partial charge in [-0.05, 0) is 28.4 Å². The highest BCUT2D eigenvalue weighted by atomic mass is 79.9. The van der Waals surface area contributed by atoms with Crippen molar-refractivity contribution in [3.05, 3.63) is 33.7 Å². The van der Waals surface area contributed by atoms with Gasteiger partial charge in [0.05, 0.1) is 4.88 Å². The van der Waals surface area contributed by atoms with Crippen molar-refractivity contribution in [1.82, 2.24) is 4.98 Å². The molecule has 88 valence electrons. The highest BCUT2D eigenvalue weighted by Gasteiger charge is 2.15. The molecule has 6 heteroatoms. The zero-order valence-electron chi connectivity index (χ0n) is 8.81. The number of hydrogen-bond acceptors (Lipinski definition) is 4. The van der Waals surface area contributed by atoms with E-state index >= 15 is 0 Å². The smallest absolute Gasteiger partial charge is 0.449 e. The molecule has 0 saturated carbocycles. The third-order valence-corrected chi connectivity index (χ3v) is 3.60. The standard InChI is InChI=1S/C11H8BrNO3S/c1-6-2-4-7(5-3-6)8-9(16-11(14)15)13-10(12)17-8/h2-5H,1H3,(H,14,15). The summed E-state index contributed by atoms with van der Waals surface area (Å²) in [5.41, 5.74) is 2.02.